The predicted molar refractivity (Wildman–Crippen MR) is 79.1 cm³/mol. The minimum atomic E-state index is 0.488. The molecule has 0 bridgehead atoms. The van der Waals surface area contributed by atoms with Gasteiger partial charge in [-0.2, -0.15) is 0 Å². The van der Waals surface area contributed by atoms with Crippen LogP contribution in [0.25, 0.3) is 10.9 Å². The average Bonchev–Trinajstić information content (AvgIpc) is 2.78. The molecule has 2 aromatic carbocycles. The number of H-pyrrole nitrogens is 1. The van der Waals surface area contributed by atoms with Crippen LogP contribution in [0.1, 0.15) is 5.56 Å². The maximum absolute atomic E-state index is 5.95. The molecular weight excluding hydrogens is 281 g/mol. The molecule has 0 aliphatic rings. The van der Waals surface area contributed by atoms with E-state index in [1.165, 1.54) is 0 Å². The van der Waals surface area contributed by atoms with Crippen molar-refractivity contribution >= 4 is 34.1 Å². The van der Waals surface area contributed by atoms with Gasteiger partial charge >= 0.3 is 0 Å². The van der Waals surface area contributed by atoms with Gasteiger partial charge in [0.05, 0.1) is 0 Å². The number of ether oxygens (including phenoxy) is 1. The van der Waals surface area contributed by atoms with Gasteiger partial charge in [-0.05, 0) is 30.3 Å². The van der Waals surface area contributed by atoms with Gasteiger partial charge in [0.15, 0.2) is 0 Å². The molecule has 1 N–H and O–H groups in total. The molecule has 4 heteroatoms. The van der Waals surface area contributed by atoms with E-state index in [0.717, 1.165) is 27.2 Å². The second kappa shape index (κ2) is 5.16. The quantitative estimate of drug-likeness (QED) is 0.717. The molecule has 0 aliphatic heterocycles. The molecule has 1 aromatic heterocycles. The van der Waals surface area contributed by atoms with Crippen molar-refractivity contribution in [2.45, 2.75) is 6.61 Å². The highest BCUT2D eigenvalue weighted by atomic mass is 35.5. The smallest absolute Gasteiger partial charge is 0.121 e. The van der Waals surface area contributed by atoms with Crippen LogP contribution in [0, 0.1) is 0 Å². The largest absolute Gasteiger partial charge is 0.489 e. The van der Waals surface area contributed by atoms with Gasteiger partial charge in [0.25, 0.3) is 0 Å². The molecule has 1 heterocycles. The summed E-state index contributed by atoms with van der Waals surface area (Å²) in [7, 11) is 0. The molecule has 0 unspecified atom stereocenters. The highest BCUT2D eigenvalue weighted by molar-refractivity contribution is 6.31. The number of aromatic nitrogens is 1. The fraction of sp³-hybridized carbons (Fsp3) is 0.0667. The summed E-state index contributed by atoms with van der Waals surface area (Å²) in [5.74, 6) is 0.760. The Morgan fingerprint density at radius 2 is 1.84 bits per heavy atom. The topological polar surface area (TPSA) is 25.0 Å². The molecule has 0 saturated carbocycles. The SMILES string of the molecule is Clc1cccc(OCc2c[nH]c3cc(Cl)ccc23)c1. The molecule has 2 nitrogen and oxygen atoms in total. The Morgan fingerprint density at radius 3 is 2.68 bits per heavy atom. The van der Waals surface area contributed by atoms with Crippen LogP contribution < -0.4 is 4.74 Å². The van der Waals surface area contributed by atoms with Crippen molar-refractivity contribution in [1.82, 2.24) is 4.98 Å². The lowest BCUT2D eigenvalue weighted by atomic mass is 10.2. The molecule has 96 valence electrons. The number of benzene rings is 2. The first kappa shape index (κ1) is 12.4. The van der Waals surface area contributed by atoms with Gasteiger partial charge in [-0.15, -0.1) is 0 Å². The van der Waals surface area contributed by atoms with Crippen LogP contribution in [0.15, 0.2) is 48.7 Å². The summed E-state index contributed by atoms with van der Waals surface area (Å²) in [4.78, 5) is 3.19. The van der Waals surface area contributed by atoms with Crippen LogP contribution in [0.5, 0.6) is 5.75 Å². The lowest BCUT2D eigenvalue weighted by molar-refractivity contribution is 0.307. The van der Waals surface area contributed by atoms with Crippen LogP contribution >= 0.6 is 23.2 Å². The van der Waals surface area contributed by atoms with Gasteiger partial charge in [0, 0.05) is 32.7 Å². The molecule has 3 rings (SSSR count). The van der Waals surface area contributed by atoms with E-state index >= 15 is 0 Å². The van der Waals surface area contributed by atoms with E-state index in [1.807, 2.05) is 42.6 Å². The standard InChI is InChI=1S/C15H11Cl2NO/c16-11-2-1-3-13(6-11)19-9-10-8-18-15-7-12(17)4-5-14(10)15/h1-8,18H,9H2. The number of fused-ring (bicyclic) bond motifs is 1. The molecule has 0 atom stereocenters. The predicted octanol–water partition coefficient (Wildman–Crippen LogP) is 5.05. The summed E-state index contributed by atoms with van der Waals surface area (Å²) >= 11 is 11.9. The third kappa shape index (κ3) is 2.70. The maximum Gasteiger partial charge on any atom is 0.121 e. The summed E-state index contributed by atoms with van der Waals surface area (Å²) in [6.07, 6.45) is 1.94. The van der Waals surface area contributed by atoms with Gasteiger partial charge in [0.2, 0.25) is 0 Å². The maximum atomic E-state index is 5.95. The number of hydrogen-bond acceptors (Lipinski definition) is 1. The van der Waals surface area contributed by atoms with E-state index in [0.29, 0.717) is 11.6 Å². The first-order valence-corrected chi connectivity index (χ1v) is 6.62. The van der Waals surface area contributed by atoms with Crippen molar-refractivity contribution in [2.75, 3.05) is 0 Å². The Bertz CT molecular complexity index is 721. The van der Waals surface area contributed by atoms with Gasteiger partial charge in [0.1, 0.15) is 12.4 Å². The highest BCUT2D eigenvalue weighted by Gasteiger charge is 2.05. The van der Waals surface area contributed by atoms with Crippen LogP contribution in [-0.2, 0) is 6.61 Å². The zero-order valence-electron chi connectivity index (χ0n) is 9.99. The van der Waals surface area contributed by atoms with Gasteiger partial charge in [-0.25, -0.2) is 0 Å². The molecule has 0 spiro atoms. The second-order valence-corrected chi connectivity index (χ2v) is 5.12. The van der Waals surface area contributed by atoms with E-state index in [9.17, 15) is 0 Å². The van der Waals surface area contributed by atoms with Crippen molar-refractivity contribution in [3.63, 3.8) is 0 Å². The van der Waals surface area contributed by atoms with Gasteiger partial charge < -0.3 is 9.72 Å². The summed E-state index contributed by atoms with van der Waals surface area (Å²) in [6, 6.07) is 13.1. The minimum absolute atomic E-state index is 0.488. The summed E-state index contributed by atoms with van der Waals surface area (Å²) in [5, 5.41) is 2.51. The number of nitrogens with one attached hydrogen (secondary N) is 1. The molecule has 0 radical (unpaired) electrons. The van der Waals surface area contributed by atoms with Crippen LogP contribution in [0.3, 0.4) is 0 Å². The fourth-order valence-corrected chi connectivity index (χ4v) is 2.35. The van der Waals surface area contributed by atoms with Crippen molar-refractivity contribution in [1.29, 1.82) is 0 Å². The van der Waals surface area contributed by atoms with Gasteiger partial charge in [-0.1, -0.05) is 35.3 Å². The molecule has 0 amide bonds. The molecule has 0 fully saturated rings. The van der Waals surface area contributed by atoms with Crippen molar-refractivity contribution in [2.24, 2.45) is 0 Å². The van der Waals surface area contributed by atoms with Crippen molar-refractivity contribution in [3.8, 4) is 5.75 Å². The van der Waals surface area contributed by atoms with Crippen LogP contribution in [0.4, 0.5) is 0 Å². The average molecular weight is 292 g/mol. The fourth-order valence-electron chi connectivity index (χ4n) is 2.00. The molecular formula is C15H11Cl2NO. The molecule has 0 saturated heterocycles. The van der Waals surface area contributed by atoms with Gasteiger partial charge in [-0.3, -0.25) is 0 Å². The Balaban J connectivity index is 1.82. The van der Waals surface area contributed by atoms with Crippen LogP contribution in [-0.4, -0.2) is 4.98 Å². The zero-order chi connectivity index (χ0) is 13.2. The second-order valence-electron chi connectivity index (χ2n) is 4.25. The molecule has 3 aromatic rings. The first-order chi connectivity index (χ1) is 9.22. The minimum Gasteiger partial charge on any atom is -0.489 e. The Labute approximate surface area is 120 Å². The summed E-state index contributed by atoms with van der Waals surface area (Å²) in [6.45, 7) is 0.488. The number of halogens is 2. The normalized spacial score (nSPS) is 10.8. The third-order valence-corrected chi connectivity index (χ3v) is 3.39. The monoisotopic (exact) mass is 291 g/mol. The highest BCUT2D eigenvalue weighted by Crippen LogP contribution is 2.24. The van der Waals surface area contributed by atoms with E-state index in [-0.39, 0.29) is 0 Å². The van der Waals surface area contributed by atoms with Crippen molar-refractivity contribution < 1.29 is 4.74 Å². The van der Waals surface area contributed by atoms with E-state index in [2.05, 4.69) is 4.98 Å². The lowest BCUT2D eigenvalue weighted by Crippen LogP contribution is -1.94. The van der Waals surface area contributed by atoms with Crippen molar-refractivity contribution in [3.05, 3.63) is 64.3 Å². The van der Waals surface area contributed by atoms with E-state index in [1.54, 1.807) is 6.07 Å². The summed E-state index contributed by atoms with van der Waals surface area (Å²) < 4.78 is 5.73. The summed E-state index contributed by atoms with van der Waals surface area (Å²) in [5.41, 5.74) is 2.10. The van der Waals surface area contributed by atoms with E-state index in [4.69, 9.17) is 27.9 Å². The first-order valence-electron chi connectivity index (χ1n) is 5.86. The lowest BCUT2D eigenvalue weighted by Gasteiger charge is -2.05. The Kier molecular flexibility index (Phi) is 3.36. The zero-order valence-corrected chi connectivity index (χ0v) is 11.5. The molecule has 0 aliphatic carbocycles. The number of rotatable bonds is 3. The van der Waals surface area contributed by atoms with Crippen LogP contribution in [0.2, 0.25) is 10.0 Å². The Hall–Kier alpha value is -1.64. The molecule has 19 heavy (non-hydrogen) atoms. The van der Waals surface area contributed by atoms with E-state index < -0.39 is 0 Å². The number of aromatic amines is 1. The number of hydrogen-bond donors (Lipinski definition) is 1. The Morgan fingerprint density at radius 1 is 1.00 bits per heavy atom. The third-order valence-electron chi connectivity index (χ3n) is 2.92.